The summed E-state index contributed by atoms with van der Waals surface area (Å²) in [5.74, 6) is 0.964. The van der Waals surface area contributed by atoms with Crippen LogP contribution in [0.1, 0.15) is 64.2 Å². The van der Waals surface area contributed by atoms with E-state index in [1.807, 2.05) is 37.3 Å². The summed E-state index contributed by atoms with van der Waals surface area (Å²) in [6.45, 7) is 17.1. The number of aryl methyl sites for hydroxylation is 2. The second-order valence-corrected chi connectivity index (χ2v) is 15.6. The van der Waals surface area contributed by atoms with Gasteiger partial charge in [0, 0.05) is 39.5 Å². The van der Waals surface area contributed by atoms with Crippen LogP contribution in [0.2, 0.25) is 0 Å². The average molecular weight is 671 g/mol. The Bertz CT molecular complexity index is 2630. The molecule has 0 aliphatic rings. The number of rotatable bonds is 4. The van der Waals surface area contributed by atoms with Crippen LogP contribution in [0.25, 0.3) is 72.5 Å². The third kappa shape index (κ3) is 5.55. The third-order valence-electron chi connectivity index (χ3n) is 9.88. The molecular formula is C45H42N4O2. The minimum Gasteiger partial charge on any atom is -0.507 e. The van der Waals surface area contributed by atoms with Crippen LogP contribution >= 0.6 is 0 Å². The molecule has 0 saturated heterocycles. The Morgan fingerprint density at radius 2 is 1.33 bits per heavy atom. The molecule has 4 aromatic carbocycles. The van der Waals surface area contributed by atoms with Crippen LogP contribution in [-0.2, 0) is 10.8 Å². The Balaban J connectivity index is 1.39. The number of furan rings is 1. The normalized spacial score (nSPS) is 12.4. The summed E-state index contributed by atoms with van der Waals surface area (Å²) in [6, 6.07) is 33.3. The molecule has 1 N–H and O–H groups in total. The van der Waals surface area contributed by atoms with E-state index in [1.165, 1.54) is 0 Å². The summed E-state index contributed by atoms with van der Waals surface area (Å²) in [6.07, 6.45) is 2.16. The van der Waals surface area contributed by atoms with E-state index in [-0.39, 0.29) is 16.6 Å². The molecule has 0 spiro atoms. The van der Waals surface area contributed by atoms with Crippen LogP contribution in [0.4, 0.5) is 0 Å². The Labute approximate surface area is 298 Å². The highest BCUT2D eigenvalue weighted by Gasteiger charge is 2.28. The predicted molar refractivity (Wildman–Crippen MR) is 208 cm³/mol. The maximum atomic E-state index is 11.9. The number of hydrogen-bond donors (Lipinski definition) is 1. The number of para-hydroxylation sites is 1. The van der Waals surface area contributed by atoms with Crippen molar-refractivity contribution >= 4 is 27.7 Å². The van der Waals surface area contributed by atoms with Crippen LogP contribution in [0.15, 0.2) is 108 Å². The lowest BCUT2D eigenvalue weighted by atomic mass is 9.78. The molecule has 4 aromatic heterocycles. The van der Waals surface area contributed by atoms with Crippen molar-refractivity contribution in [3.8, 4) is 50.5 Å². The molecular weight excluding hydrogens is 629 g/mol. The molecule has 8 aromatic rings. The van der Waals surface area contributed by atoms with Gasteiger partial charge in [0.05, 0.1) is 5.69 Å². The first-order valence-electron chi connectivity index (χ1n) is 17.5. The zero-order valence-corrected chi connectivity index (χ0v) is 30.5. The van der Waals surface area contributed by atoms with Crippen molar-refractivity contribution in [2.75, 3.05) is 0 Å². The third-order valence-corrected chi connectivity index (χ3v) is 9.88. The van der Waals surface area contributed by atoms with Crippen LogP contribution in [-0.4, -0.2) is 24.5 Å². The van der Waals surface area contributed by atoms with Gasteiger partial charge < -0.3 is 13.9 Å². The lowest BCUT2D eigenvalue weighted by Crippen LogP contribution is -2.17. The number of phenols is 1. The van der Waals surface area contributed by atoms with Crippen molar-refractivity contribution in [1.29, 1.82) is 0 Å². The summed E-state index contributed by atoms with van der Waals surface area (Å²) in [7, 11) is 0. The molecule has 254 valence electrons. The zero-order valence-electron chi connectivity index (χ0n) is 30.5. The number of benzene rings is 4. The number of nitrogens with zero attached hydrogens (tertiary/aromatic N) is 4. The smallest absolute Gasteiger partial charge is 0.180 e. The molecule has 0 aliphatic carbocycles. The van der Waals surface area contributed by atoms with Gasteiger partial charge in [-0.2, -0.15) is 0 Å². The first-order valence-corrected chi connectivity index (χ1v) is 17.5. The molecule has 0 amide bonds. The molecule has 0 unspecified atom stereocenters. The van der Waals surface area contributed by atoms with Gasteiger partial charge in [-0.25, -0.2) is 15.0 Å². The topological polar surface area (TPSA) is 76.5 Å². The van der Waals surface area contributed by atoms with Crippen molar-refractivity contribution in [3.63, 3.8) is 0 Å². The van der Waals surface area contributed by atoms with Crippen molar-refractivity contribution in [2.24, 2.45) is 0 Å². The summed E-state index contributed by atoms with van der Waals surface area (Å²) in [5, 5.41) is 12.9. The van der Waals surface area contributed by atoms with Gasteiger partial charge in [0.15, 0.2) is 5.58 Å². The number of imidazole rings is 1. The van der Waals surface area contributed by atoms with E-state index in [1.54, 1.807) is 0 Å². The van der Waals surface area contributed by atoms with Gasteiger partial charge in [0.1, 0.15) is 34.0 Å². The molecule has 6 nitrogen and oxygen atoms in total. The van der Waals surface area contributed by atoms with E-state index < -0.39 is 0 Å². The summed E-state index contributed by atoms with van der Waals surface area (Å²) >= 11 is 0. The molecule has 0 bridgehead atoms. The van der Waals surface area contributed by atoms with Gasteiger partial charge in [0.25, 0.3) is 0 Å². The van der Waals surface area contributed by atoms with Crippen molar-refractivity contribution in [3.05, 3.63) is 126 Å². The van der Waals surface area contributed by atoms with E-state index in [0.717, 1.165) is 83.7 Å². The minimum atomic E-state index is -0.260. The second kappa shape index (κ2) is 11.7. The molecule has 0 atom stereocenters. The first-order chi connectivity index (χ1) is 24.3. The summed E-state index contributed by atoms with van der Waals surface area (Å²) < 4.78 is 8.54. The van der Waals surface area contributed by atoms with Gasteiger partial charge in [-0.3, -0.25) is 0 Å². The standard InChI is InChI=1S/C45H42N4O2/c1-26-38(35-23-32(44(3,4)5)24-36(41(35)50)45(6,7)8)48-43-34(22-31(25-49(26)43)28-15-10-9-11-16-28)29-17-14-18-30(21-29)39-42-40(47-27(2)46-39)33-19-12-13-20-37(33)51-42/h9-25,50H,1-8H3. The minimum absolute atomic E-state index is 0.119. The fourth-order valence-corrected chi connectivity index (χ4v) is 7.07. The molecule has 0 fully saturated rings. The molecule has 51 heavy (non-hydrogen) atoms. The fraction of sp³-hybridized carbons (Fsp3) is 0.222. The van der Waals surface area contributed by atoms with Crippen LogP contribution in [0.5, 0.6) is 5.75 Å². The SMILES string of the molecule is Cc1nc(-c2cccc(-c3cc(-c4ccccc4)cn4c(C)c(-c5cc(C(C)(C)C)cc(C(C)(C)C)c5O)nc34)c2)c2oc3ccccc3c2n1. The number of pyridine rings is 1. The Morgan fingerprint density at radius 3 is 2.08 bits per heavy atom. The maximum absolute atomic E-state index is 11.9. The van der Waals surface area contributed by atoms with Gasteiger partial charge in [0.2, 0.25) is 0 Å². The molecule has 0 saturated carbocycles. The number of hydrogen-bond acceptors (Lipinski definition) is 5. The van der Waals surface area contributed by atoms with Crippen molar-refractivity contribution in [1.82, 2.24) is 19.4 Å². The highest BCUT2D eigenvalue weighted by Crippen LogP contribution is 2.44. The highest BCUT2D eigenvalue weighted by atomic mass is 16.3. The van der Waals surface area contributed by atoms with Gasteiger partial charge in [-0.05, 0) is 77.3 Å². The van der Waals surface area contributed by atoms with E-state index in [2.05, 4.69) is 126 Å². The van der Waals surface area contributed by atoms with E-state index in [4.69, 9.17) is 19.4 Å². The Kier molecular flexibility index (Phi) is 7.42. The highest BCUT2D eigenvalue weighted by molar-refractivity contribution is 6.06. The van der Waals surface area contributed by atoms with Crippen LogP contribution in [0, 0.1) is 13.8 Å². The summed E-state index contributed by atoms with van der Waals surface area (Å²) in [4.78, 5) is 15.0. The molecule has 0 aliphatic heterocycles. The largest absolute Gasteiger partial charge is 0.507 e. The van der Waals surface area contributed by atoms with Gasteiger partial charge in [-0.15, -0.1) is 0 Å². The van der Waals surface area contributed by atoms with E-state index in [9.17, 15) is 5.11 Å². The molecule has 0 radical (unpaired) electrons. The molecule has 8 rings (SSSR count). The fourth-order valence-electron chi connectivity index (χ4n) is 7.07. The first kappa shape index (κ1) is 32.5. The Morgan fingerprint density at radius 1 is 0.627 bits per heavy atom. The lowest BCUT2D eigenvalue weighted by Gasteiger charge is -2.27. The maximum Gasteiger partial charge on any atom is 0.180 e. The van der Waals surface area contributed by atoms with E-state index >= 15 is 0 Å². The molecule has 6 heteroatoms. The second-order valence-electron chi connectivity index (χ2n) is 15.6. The average Bonchev–Trinajstić information content (AvgIpc) is 3.64. The molecule has 4 heterocycles. The number of aromatic hydroxyl groups is 1. The van der Waals surface area contributed by atoms with Crippen molar-refractivity contribution < 1.29 is 9.52 Å². The van der Waals surface area contributed by atoms with E-state index in [0.29, 0.717) is 11.4 Å². The van der Waals surface area contributed by atoms with Gasteiger partial charge >= 0.3 is 0 Å². The number of aromatic nitrogens is 4. The van der Waals surface area contributed by atoms with Crippen molar-refractivity contribution in [2.45, 2.75) is 66.2 Å². The number of fused-ring (bicyclic) bond motifs is 4. The quantitative estimate of drug-likeness (QED) is 0.202. The predicted octanol–water partition coefficient (Wildman–Crippen LogP) is 11.6. The van der Waals surface area contributed by atoms with Crippen LogP contribution in [0.3, 0.4) is 0 Å². The van der Waals surface area contributed by atoms with Gasteiger partial charge in [-0.1, -0.05) is 108 Å². The zero-order chi connectivity index (χ0) is 35.8. The monoisotopic (exact) mass is 670 g/mol. The Hall–Kier alpha value is -5.75. The summed E-state index contributed by atoms with van der Waals surface area (Å²) in [5.41, 5.74) is 13.1. The van der Waals surface area contributed by atoms with Crippen LogP contribution < -0.4 is 0 Å². The number of phenolic OH excluding ortho intramolecular Hbond substituents is 1. The lowest BCUT2D eigenvalue weighted by molar-refractivity contribution is 0.446.